The van der Waals surface area contributed by atoms with Crippen molar-refractivity contribution in [3.8, 4) is 0 Å². The highest BCUT2D eigenvalue weighted by Crippen LogP contribution is 2.39. The molecule has 1 spiro atoms. The van der Waals surface area contributed by atoms with Gasteiger partial charge >= 0.3 is 6.03 Å². The zero-order valence-electron chi connectivity index (χ0n) is 16.7. The van der Waals surface area contributed by atoms with Crippen LogP contribution in [0.3, 0.4) is 0 Å². The Hall–Kier alpha value is -2.37. The van der Waals surface area contributed by atoms with Crippen molar-refractivity contribution in [2.75, 3.05) is 13.6 Å². The number of hydrogen-bond donors (Lipinski definition) is 1. The van der Waals surface area contributed by atoms with Gasteiger partial charge in [-0.3, -0.25) is 14.5 Å². The van der Waals surface area contributed by atoms with E-state index in [0.29, 0.717) is 12.8 Å². The van der Waals surface area contributed by atoms with E-state index in [1.807, 2.05) is 32.9 Å². The molecule has 0 radical (unpaired) electrons. The van der Waals surface area contributed by atoms with Crippen molar-refractivity contribution in [3.05, 3.63) is 34.9 Å². The molecule has 1 aliphatic heterocycles. The number of imide groups is 1. The second kappa shape index (κ2) is 7.33. The number of aryl methyl sites for hydroxylation is 2. The van der Waals surface area contributed by atoms with E-state index in [0.717, 1.165) is 29.7 Å². The number of nitrogens with zero attached hydrogens (tertiary/aromatic N) is 2. The minimum atomic E-state index is -0.741. The number of urea groups is 1. The van der Waals surface area contributed by atoms with Crippen molar-refractivity contribution in [1.29, 1.82) is 0 Å². The summed E-state index contributed by atoms with van der Waals surface area (Å²) in [5.74, 6) is -0.535. The summed E-state index contributed by atoms with van der Waals surface area (Å²) in [7, 11) is 1.68. The first-order chi connectivity index (χ1) is 12.8. The fraction of sp³-hybridized carbons (Fsp3) is 0.571. The molecule has 1 N–H and O–H groups in total. The van der Waals surface area contributed by atoms with E-state index in [1.165, 1.54) is 11.1 Å². The molecule has 1 aliphatic carbocycles. The highest BCUT2D eigenvalue weighted by atomic mass is 16.2. The topological polar surface area (TPSA) is 69.7 Å². The number of carbonyl (C=O) groups is 3. The van der Waals surface area contributed by atoms with E-state index in [4.69, 9.17) is 0 Å². The molecule has 2 fully saturated rings. The lowest BCUT2D eigenvalue weighted by molar-refractivity contribution is -0.137. The number of amides is 4. The van der Waals surface area contributed by atoms with Crippen LogP contribution >= 0.6 is 0 Å². The molecular weight excluding hydrogens is 342 g/mol. The van der Waals surface area contributed by atoms with Gasteiger partial charge in [0, 0.05) is 7.05 Å². The van der Waals surface area contributed by atoms with Crippen molar-refractivity contribution in [1.82, 2.24) is 15.1 Å². The molecule has 4 amide bonds. The monoisotopic (exact) mass is 371 g/mol. The molecule has 6 nitrogen and oxygen atoms in total. The molecule has 1 aromatic carbocycles. The summed E-state index contributed by atoms with van der Waals surface area (Å²) in [5, 5.41) is 2.91. The lowest BCUT2D eigenvalue weighted by atomic mass is 9.81. The van der Waals surface area contributed by atoms with Gasteiger partial charge in [0.2, 0.25) is 5.91 Å². The highest BCUT2D eigenvalue weighted by Gasteiger charge is 2.55. The first-order valence-electron chi connectivity index (χ1n) is 9.72. The summed E-state index contributed by atoms with van der Waals surface area (Å²) >= 11 is 0. The van der Waals surface area contributed by atoms with Gasteiger partial charge in [-0.15, -0.1) is 0 Å². The maximum atomic E-state index is 13.0. The van der Waals surface area contributed by atoms with Crippen LogP contribution in [0.4, 0.5) is 4.79 Å². The molecular formula is C21H29N3O3. The maximum Gasteiger partial charge on any atom is 0.327 e. The molecule has 0 aromatic heterocycles. The van der Waals surface area contributed by atoms with Crippen LogP contribution in [0.15, 0.2) is 18.2 Å². The quantitative estimate of drug-likeness (QED) is 0.827. The van der Waals surface area contributed by atoms with Crippen LogP contribution in [0, 0.1) is 13.8 Å². The predicted octanol–water partition coefficient (Wildman–Crippen LogP) is 3.08. The fourth-order valence-corrected chi connectivity index (χ4v) is 4.22. The van der Waals surface area contributed by atoms with Gasteiger partial charge in [0.1, 0.15) is 12.1 Å². The van der Waals surface area contributed by atoms with E-state index in [-0.39, 0.29) is 30.4 Å². The molecule has 1 saturated carbocycles. The summed E-state index contributed by atoms with van der Waals surface area (Å²) in [4.78, 5) is 40.8. The van der Waals surface area contributed by atoms with Gasteiger partial charge in [0.25, 0.3) is 5.91 Å². The average Bonchev–Trinajstić information content (AvgIpc) is 2.81. The Balaban J connectivity index is 1.67. The SMILES string of the molecule is Cc1ccc(C(C)NC(=O)CN2C(=O)N(C)C3(CCCCC3)C2=O)cc1C. The zero-order chi connectivity index (χ0) is 19.8. The summed E-state index contributed by atoms with van der Waals surface area (Å²) in [5.41, 5.74) is 2.63. The standard InChI is InChI=1S/C21H29N3O3/c1-14-8-9-17(12-15(14)2)16(3)22-18(25)13-24-19(26)21(23(4)20(24)27)10-6-5-7-11-21/h8-9,12,16H,5-7,10-11,13H2,1-4H3,(H,22,25). The molecule has 1 atom stereocenters. The second-order valence-corrected chi connectivity index (χ2v) is 7.96. The van der Waals surface area contributed by atoms with Crippen LogP contribution in [0.5, 0.6) is 0 Å². The van der Waals surface area contributed by atoms with Crippen molar-refractivity contribution in [2.24, 2.45) is 0 Å². The second-order valence-electron chi connectivity index (χ2n) is 7.96. The molecule has 27 heavy (non-hydrogen) atoms. The Morgan fingerprint density at radius 2 is 1.81 bits per heavy atom. The number of rotatable bonds is 4. The number of likely N-dealkylation sites (N-methyl/N-ethyl adjacent to an activating group) is 1. The maximum absolute atomic E-state index is 13.0. The van der Waals surface area contributed by atoms with Crippen molar-refractivity contribution >= 4 is 17.8 Å². The molecule has 146 valence electrons. The zero-order valence-corrected chi connectivity index (χ0v) is 16.7. The van der Waals surface area contributed by atoms with Crippen molar-refractivity contribution in [2.45, 2.75) is 64.5 Å². The lowest BCUT2D eigenvalue weighted by Crippen LogP contribution is -2.49. The third kappa shape index (κ3) is 3.45. The Labute approximate surface area is 160 Å². The Morgan fingerprint density at radius 1 is 1.15 bits per heavy atom. The minimum absolute atomic E-state index is 0.189. The molecule has 1 saturated heterocycles. The van der Waals surface area contributed by atoms with Crippen LogP contribution in [0.2, 0.25) is 0 Å². The number of hydrogen-bond acceptors (Lipinski definition) is 3. The lowest BCUT2D eigenvalue weighted by Gasteiger charge is -2.35. The minimum Gasteiger partial charge on any atom is -0.348 e. The van der Waals surface area contributed by atoms with E-state index in [1.54, 1.807) is 11.9 Å². The van der Waals surface area contributed by atoms with Gasteiger partial charge in [-0.25, -0.2) is 4.79 Å². The molecule has 6 heteroatoms. The molecule has 3 rings (SSSR count). The molecule has 0 bridgehead atoms. The molecule has 1 unspecified atom stereocenters. The van der Waals surface area contributed by atoms with Gasteiger partial charge in [-0.05, 0) is 50.3 Å². The smallest absolute Gasteiger partial charge is 0.327 e. The van der Waals surface area contributed by atoms with E-state index in [2.05, 4.69) is 11.4 Å². The van der Waals surface area contributed by atoms with Crippen molar-refractivity contribution in [3.63, 3.8) is 0 Å². The molecule has 2 aliphatic rings. The average molecular weight is 371 g/mol. The summed E-state index contributed by atoms with van der Waals surface area (Å²) in [6, 6.07) is 5.52. The van der Waals surface area contributed by atoms with Crippen LogP contribution in [0.25, 0.3) is 0 Å². The van der Waals surface area contributed by atoms with E-state index >= 15 is 0 Å². The number of carbonyl (C=O) groups excluding carboxylic acids is 3. The van der Waals surface area contributed by atoms with E-state index in [9.17, 15) is 14.4 Å². The first-order valence-corrected chi connectivity index (χ1v) is 9.72. The summed E-state index contributed by atoms with van der Waals surface area (Å²) in [6.07, 6.45) is 4.34. The fourth-order valence-electron chi connectivity index (χ4n) is 4.22. The van der Waals surface area contributed by atoms with Gasteiger partial charge in [0.15, 0.2) is 0 Å². The molecule has 1 aromatic rings. The van der Waals surface area contributed by atoms with E-state index < -0.39 is 5.54 Å². The first kappa shape index (κ1) is 19.4. The van der Waals surface area contributed by atoms with Gasteiger partial charge in [0.05, 0.1) is 6.04 Å². The van der Waals surface area contributed by atoms with Crippen molar-refractivity contribution < 1.29 is 14.4 Å². The highest BCUT2D eigenvalue weighted by molar-refractivity contribution is 6.08. The Bertz CT molecular complexity index is 768. The number of benzene rings is 1. The number of nitrogens with one attached hydrogen (secondary N) is 1. The molecule has 1 heterocycles. The van der Waals surface area contributed by atoms with Crippen LogP contribution in [-0.4, -0.2) is 46.8 Å². The van der Waals surface area contributed by atoms with Crippen LogP contribution in [-0.2, 0) is 9.59 Å². The van der Waals surface area contributed by atoms with Gasteiger partial charge in [-0.2, -0.15) is 0 Å². The van der Waals surface area contributed by atoms with Crippen LogP contribution in [0.1, 0.15) is 61.8 Å². The third-order valence-corrected chi connectivity index (χ3v) is 6.19. The van der Waals surface area contributed by atoms with Gasteiger partial charge < -0.3 is 10.2 Å². The van der Waals surface area contributed by atoms with Crippen LogP contribution < -0.4 is 5.32 Å². The Morgan fingerprint density at radius 3 is 2.44 bits per heavy atom. The normalized spacial score (nSPS) is 20.3. The Kier molecular flexibility index (Phi) is 5.27. The largest absolute Gasteiger partial charge is 0.348 e. The summed E-state index contributed by atoms with van der Waals surface area (Å²) in [6.45, 7) is 5.77. The summed E-state index contributed by atoms with van der Waals surface area (Å²) < 4.78 is 0. The third-order valence-electron chi connectivity index (χ3n) is 6.19. The van der Waals surface area contributed by atoms with Gasteiger partial charge in [-0.1, -0.05) is 37.5 Å². The predicted molar refractivity (Wildman–Crippen MR) is 103 cm³/mol.